The van der Waals surface area contributed by atoms with Crippen LogP contribution in [0.25, 0.3) is 0 Å². The molecule has 6 heteroatoms. The monoisotopic (exact) mass is 337 g/mol. The highest BCUT2D eigenvalue weighted by Gasteiger charge is 2.29. The van der Waals surface area contributed by atoms with Gasteiger partial charge in [-0.2, -0.15) is 0 Å². The van der Waals surface area contributed by atoms with Crippen LogP contribution in [0.4, 0.5) is 0 Å². The molecule has 0 aliphatic heterocycles. The smallest absolute Gasteiger partial charge is 0.305 e. The molecule has 134 valence electrons. The first kappa shape index (κ1) is 20.0. The lowest BCUT2D eigenvalue weighted by Crippen LogP contribution is -2.50. The van der Waals surface area contributed by atoms with E-state index >= 15 is 0 Å². The predicted molar refractivity (Wildman–Crippen MR) is 91.2 cm³/mol. The molecule has 0 radical (unpaired) electrons. The van der Waals surface area contributed by atoms with Crippen LogP contribution in [0.1, 0.15) is 38.2 Å². The Labute approximate surface area is 143 Å². The van der Waals surface area contributed by atoms with E-state index in [1.807, 2.05) is 24.3 Å². The Balaban J connectivity index is 2.35. The SMILES string of the molecule is COC[C@@](C)(CC(=O)O)NC(=O)CCCCc1ccc(OC)cc1. The van der Waals surface area contributed by atoms with Crippen molar-refractivity contribution in [2.24, 2.45) is 0 Å². The van der Waals surface area contributed by atoms with Crippen LogP contribution in [0.5, 0.6) is 5.75 Å². The Morgan fingerprint density at radius 3 is 2.38 bits per heavy atom. The van der Waals surface area contributed by atoms with Gasteiger partial charge in [-0.3, -0.25) is 9.59 Å². The molecule has 6 nitrogen and oxygen atoms in total. The second-order valence-electron chi connectivity index (χ2n) is 6.17. The van der Waals surface area contributed by atoms with Crippen LogP contribution in [0.3, 0.4) is 0 Å². The number of hydrogen-bond acceptors (Lipinski definition) is 4. The molecule has 0 fully saturated rings. The zero-order valence-corrected chi connectivity index (χ0v) is 14.6. The van der Waals surface area contributed by atoms with Gasteiger partial charge in [0.25, 0.3) is 0 Å². The number of ether oxygens (including phenoxy) is 2. The van der Waals surface area contributed by atoms with E-state index in [9.17, 15) is 9.59 Å². The zero-order valence-electron chi connectivity index (χ0n) is 14.6. The molecule has 2 N–H and O–H groups in total. The third kappa shape index (κ3) is 7.46. The van der Waals surface area contributed by atoms with E-state index in [-0.39, 0.29) is 18.9 Å². The number of benzene rings is 1. The van der Waals surface area contributed by atoms with Crippen LogP contribution in [-0.4, -0.2) is 43.3 Å². The van der Waals surface area contributed by atoms with Crippen LogP contribution < -0.4 is 10.1 Å². The van der Waals surface area contributed by atoms with E-state index in [4.69, 9.17) is 14.6 Å². The van der Waals surface area contributed by atoms with Crippen molar-refractivity contribution >= 4 is 11.9 Å². The van der Waals surface area contributed by atoms with Gasteiger partial charge in [-0.25, -0.2) is 0 Å². The Morgan fingerprint density at radius 2 is 1.83 bits per heavy atom. The van der Waals surface area contributed by atoms with Crippen LogP contribution in [-0.2, 0) is 20.7 Å². The topological polar surface area (TPSA) is 84.9 Å². The molecule has 0 aliphatic rings. The number of carboxylic acid groups (broad SMARTS) is 1. The fourth-order valence-electron chi connectivity index (χ4n) is 2.59. The van der Waals surface area contributed by atoms with Crippen LogP contribution in [0, 0.1) is 0 Å². The summed E-state index contributed by atoms with van der Waals surface area (Å²) in [6, 6.07) is 7.87. The minimum absolute atomic E-state index is 0.148. The van der Waals surface area contributed by atoms with Gasteiger partial charge >= 0.3 is 5.97 Å². The molecule has 1 aromatic rings. The Bertz CT molecular complexity index is 529. The van der Waals surface area contributed by atoms with Crippen molar-refractivity contribution in [3.8, 4) is 5.75 Å². The first-order valence-electron chi connectivity index (χ1n) is 8.03. The van der Waals surface area contributed by atoms with Gasteiger partial charge in [0.1, 0.15) is 5.75 Å². The number of hydrogen-bond donors (Lipinski definition) is 2. The first-order valence-corrected chi connectivity index (χ1v) is 8.03. The summed E-state index contributed by atoms with van der Waals surface area (Å²) < 4.78 is 10.1. The summed E-state index contributed by atoms with van der Waals surface area (Å²) >= 11 is 0. The lowest BCUT2D eigenvalue weighted by Gasteiger charge is -2.28. The summed E-state index contributed by atoms with van der Waals surface area (Å²) in [5, 5.41) is 11.7. The molecule has 0 saturated carbocycles. The van der Waals surface area contributed by atoms with E-state index in [2.05, 4.69) is 5.32 Å². The summed E-state index contributed by atoms with van der Waals surface area (Å²) in [4.78, 5) is 23.0. The van der Waals surface area contributed by atoms with Gasteiger partial charge < -0.3 is 19.9 Å². The molecule has 0 aromatic heterocycles. The van der Waals surface area contributed by atoms with Crippen molar-refractivity contribution in [1.29, 1.82) is 0 Å². The Morgan fingerprint density at radius 1 is 1.17 bits per heavy atom. The number of aryl methyl sites for hydroxylation is 1. The van der Waals surface area contributed by atoms with Gasteiger partial charge in [-0.05, 0) is 43.9 Å². The molecule has 0 aliphatic carbocycles. The summed E-state index contributed by atoms with van der Waals surface area (Å²) in [7, 11) is 3.12. The van der Waals surface area contributed by atoms with Gasteiger partial charge in [0.2, 0.25) is 5.91 Å². The lowest BCUT2D eigenvalue weighted by atomic mass is 9.98. The maximum Gasteiger partial charge on any atom is 0.305 e. The zero-order chi connectivity index (χ0) is 18.0. The van der Waals surface area contributed by atoms with Gasteiger partial charge in [0.15, 0.2) is 0 Å². The van der Waals surface area contributed by atoms with Crippen LogP contribution in [0.2, 0.25) is 0 Å². The number of amides is 1. The quantitative estimate of drug-likeness (QED) is 0.606. The predicted octanol–water partition coefficient (Wildman–Crippen LogP) is 2.40. The summed E-state index contributed by atoms with van der Waals surface area (Å²) in [5.74, 6) is -0.283. The maximum absolute atomic E-state index is 12.0. The van der Waals surface area contributed by atoms with E-state index in [1.165, 1.54) is 12.7 Å². The van der Waals surface area contributed by atoms with Crippen LogP contribution in [0.15, 0.2) is 24.3 Å². The largest absolute Gasteiger partial charge is 0.497 e. The molecule has 1 rings (SSSR count). The highest BCUT2D eigenvalue weighted by Crippen LogP contribution is 2.14. The summed E-state index contributed by atoms with van der Waals surface area (Å²) in [6.07, 6.45) is 2.73. The maximum atomic E-state index is 12.0. The molecule has 1 atom stereocenters. The number of nitrogens with one attached hydrogen (secondary N) is 1. The third-order valence-corrected chi connectivity index (χ3v) is 3.72. The number of methoxy groups -OCH3 is 2. The molecule has 0 spiro atoms. The van der Waals surface area contributed by atoms with Crippen molar-refractivity contribution in [3.63, 3.8) is 0 Å². The van der Waals surface area contributed by atoms with Gasteiger partial charge in [-0.15, -0.1) is 0 Å². The minimum atomic E-state index is -0.964. The number of rotatable bonds is 11. The normalized spacial score (nSPS) is 13.1. The summed E-state index contributed by atoms with van der Waals surface area (Å²) in [5.41, 5.74) is 0.319. The molecule has 1 amide bonds. The van der Waals surface area contributed by atoms with Crippen LogP contribution >= 0.6 is 0 Å². The molecule has 0 heterocycles. The standard InChI is InChI=1S/C18H27NO5/c1-18(13-23-2,12-17(21)22)19-16(20)7-5-4-6-14-8-10-15(24-3)11-9-14/h8-11H,4-7,12-13H2,1-3H3,(H,19,20)(H,21,22)/t18-/m1/s1. The molecule has 0 unspecified atom stereocenters. The highest BCUT2D eigenvalue weighted by molar-refractivity contribution is 5.78. The fourth-order valence-corrected chi connectivity index (χ4v) is 2.59. The van der Waals surface area contributed by atoms with E-state index in [1.54, 1.807) is 14.0 Å². The molecule has 0 bridgehead atoms. The Kier molecular flexibility index (Phi) is 8.26. The number of carbonyl (C=O) groups excluding carboxylic acids is 1. The van der Waals surface area contributed by atoms with Gasteiger partial charge in [0, 0.05) is 13.5 Å². The molecule has 24 heavy (non-hydrogen) atoms. The number of unbranched alkanes of at least 4 members (excludes halogenated alkanes) is 1. The van der Waals surface area contributed by atoms with Gasteiger partial charge in [-0.1, -0.05) is 12.1 Å². The van der Waals surface area contributed by atoms with Crippen molar-refractivity contribution < 1.29 is 24.2 Å². The van der Waals surface area contributed by atoms with Crippen molar-refractivity contribution in [2.45, 2.75) is 44.6 Å². The third-order valence-electron chi connectivity index (χ3n) is 3.72. The average molecular weight is 337 g/mol. The second kappa shape index (κ2) is 9.93. The average Bonchev–Trinajstić information content (AvgIpc) is 2.51. The van der Waals surface area contributed by atoms with Crippen molar-refractivity contribution in [2.75, 3.05) is 20.8 Å². The minimum Gasteiger partial charge on any atom is -0.497 e. The molecule has 1 aromatic carbocycles. The molecular weight excluding hydrogens is 310 g/mol. The van der Waals surface area contributed by atoms with Crippen molar-refractivity contribution in [3.05, 3.63) is 29.8 Å². The molecule has 0 saturated heterocycles. The van der Waals surface area contributed by atoms with E-state index in [0.717, 1.165) is 25.0 Å². The van der Waals surface area contributed by atoms with E-state index in [0.29, 0.717) is 6.42 Å². The number of aliphatic carboxylic acids is 1. The fraction of sp³-hybridized carbons (Fsp3) is 0.556. The highest BCUT2D eigenvalue weighted by atomic mass is 16.5. The van der Waals surface area contributed by atoms with Crippen molar-refractivity contribution in [1.82, 2.24) is 5.32 Å². The Hall–Kier alpha value is -2.08. The van der Waals surface area contributed by atoms with E-state index < -0.39 is 11.5 Å². The summed E-state index contributed by atoms with van der Waals surface area (Å²) in [6.45, 7) is 1.84. The lowest BCUT2D eigenvalue weighted by molar-refractivity contribution is -0.139. The van der Waals surface area contributed by atoms with Gasteiger partial charge in [0.05, 0.1) is 25.7 Å². The number of carbonyl (C=O) groups is 2. The first-order chi connectivity index (χ1) is 11.4. The number of carboxylic acids is 1. The second-order valence-corrected chi connectivity index (χ2v) is 6.17. The molecular formula is C18H27NO5.